The minimum Gasteiger partial charge on any atom is -0.493 e. The van der Waals surface area contributed by atoms with Crippen LogP contribution in [0.4, 0.5) is 0 Å². The highest BCUT2D eigenvalue weighted by atomic mass is 32.1. The molecule has 94 valence electrons. The summed E-state index contributed by atoms with van der Waals surface area (Å²) in [6.07, 6.45) is 1.01. The van der Waals surface area contributed by atoms with Crippen LogP contribution in [0.25, 0.3) is 0 Å². The maximum atomic E-state index is 5.54. The third kappa shape index (κ3) is 2.02. The van der Waals surface area contributed by atoms with Gasteiger partial charge < -0.3 is 10.1 Å². The standard InChI is InChI=1S/C14H16N2OS/c1-9-16-12(8-18-9)14(15-2)11-3-4-13-10(7-11)5-6-17-13/h3-4,7-8,14-15H,5-6H2,1-2H3. The Morgan fingerprint density at radius 1 is 1.44 bits per heavy atom. The van der Waals surface area contributed by atoms with Gasteiger partial charge in [0, 0.05) is 11.8 Å². The highest BCUT2D eigenvalue weighted by Gasteiger charge is 2.18. The van der Waals surface area contributed by atoms with E-state index in [9.17, 15) is 0 Å². The van der Waals surface area contributed by atoms with Gasteiger partial charge in [-0.05, 0) is 31.2 Å². The number of aromatic nitrogens is 1. The Bertz CT molecular complexity index is 565. The van der Waals surface area contributed by atoms with Gasteiger partial charge in [0.2, 0.25) is 0 Å². The van der Waals surface area contributed by atoms with Crippen LogP contribution in [0.2, 0.25) is 0 Å². The molecule has 1 N–H and O–H groups in total. The predicted molar refractivity (Wildman–Crippen MR) is 73.4 cm³/mol. The van der Waals surface area contributed by atoms with Crippen LogP contribution in [0.5, 0.6) is 5.75 Å². The van der Waals surface area contributed by atoms with E-state index in [1.54, 1.807) is 11.3 Å². The molecule has 4 heteroatoms. The molecule has 1 aromatic heterocycles. The van der Waals surface area contributed by atoms with E-state index in [0.717, 1.165) is 29.5 Å². The topological polar surface area (TPSA) is 34.1 Å². The molecule has 1 unspecified atom stereocenters. The Morgan fingerprint density at radius 2 is 2.33 bits per heavy atom. The van der Waals surface area contributed by atoms with E-state index in [2.05, 4.69) is 33.9 Å². The van der Waals surface area contributed by atoms with E-state index in [1.807, 2.05) is 14.0 Å². The SMILES string of the molecule is CNC(c1ccc2c(c1)CCO2)c1csc(C)n1. The number of aryl methyl sites for hydroxylation is 1. The summed E-state index contributed by atoms with van der Waals surface area (Å²) >= 11 is 1.69. The summed E-state index contributed by atoms with van der Waals surface area (Å²) in [5.41, 5.74) is 3.66. The molecule has 0 radical (unpaired) electrons. The third-order valence-electron chi connectivity index (χ3n) is 3.27. The van der Waals surface area contributed by atoms with Crippen molar-refractivity contribution in [1.29, 1.82) is 0 Å². The zero-order valence-corrected chi connectivity index (χ0v) is 11.4. The fourth-order valence-electron chi connectivity index (χ4n) is 2.38. The van der Waals surface area contributed by atoms with Crippen molar-refractivity contribution < 1.29 is 4.74 Å². The lowest BCUT2D eigenvalue weighted by atomic mass is 10.0. The molecule has 1 aliphatic rings. The highest BCUT2D eigenvalue weighted by Crippen LogP contribution is 2.30. The van der Waals surface area contributed by atoms with E-state index >= 15 is 0 Å². The first-order valence-electron chi connectivity index (χ1n) is 6.13. The number of ether oxygens (including phenoxy) is 1. The van der Waals surface area contributed by atoms with Gasteiger partial charge in [-0.2, -0.15) is 0 Å². The van der Waals surface area contributed by atoms with Gasteiger partial charge >= 0.3 is 0 Å². The number of thiazole rings is 1. The number of nitrogens with zero attached hydrogens (tertiary/aromatic N) is 1. The molecule has 18 heavy (non-hydrogen) atoms. The summed E-state index contributed by atoms with van der Waals surface area (Å²) in [6, 6.07) is 6.60. The van der Waals surface area contributed by atoms with Crippen LogP contribution in [-0.4, -0.2) is 18.6 Å². The van der Waals surface area contributed by atoms with Crippen molar-refractivity contribution in [2.75, 3.05) is 13.7 Å². The van der Waals surface area contributed by atoms with Crippen molar-refractivity contribution in [3.05, 3.63) is 45.4 Å². The molecule has 0 saturated carbocycles. The normalized spacial score (nSPS) is 15.2. The summed E-state index contributed by atoms with van der Waals surface area (Å²) < 4.78 is 5.54. The molecule has 1 aliphatic heterocycles. The molecule has 2 heterocycles. The van der Waals surface area contributed by atoms with Crippen LogP contribution < -0.4 is 10.1 Å². The number of nitrogens with one attached hydrogen (secondary N) is 1. The number of fused-ring (bicyclic) bond motifs is 1. The predicted octanol–water partition coefficient (Wildman–Crippen LogP) is 2.70. The Morgan fingerprint density at radius 3 is 3.06 bits per heavy atom. The fraction of sp³-hybridized carbons (Fsp3) is 0.357. The van der Waals surface area contributed by atoms with Crippen LogP contribution in [-0.2, 0) is 6.42 Å². The summed E-state index contributed by atoms with van der Waals surface area (Å²) in [4.78, 5) is 4.58. The molecule has 0 aliphatic carbocycles. The van der Waals surface area contributed by atoms with E-state index in [1.165, 1.54) is 11.1 Å². The molecular weight excluding hydrogens is 244 g/mol. The van der Waals surface area contributed by atoms with Crippen molar-refractivity contribution in [1.82, 2.24) is 10.3 Å². The Balaban J connectivity index is 1.96. The molecule has 3 nitrogen and oxygen atoms in total. The second-order valence-corrected chi connectivity index (χ2v) is 5.54. The van der Waals surface area contributed by atoms with E-state index in [0.29, 0.717) is 0 Å². The van der Waals surface area contributed by atoms with Gasteiger partial charge in [0.25, 0.3) is 0 Å². The molecule has 1 atom stereocenters. The van der Waals surface area contributed by atoms with E-state index in [4.69, 9.17) is 4.74 Å². The Kier molecular flexibility index (Phi) is 3.06. The van der Waals surface area contributed by atoms with Crippen LogP contribution in [0, 0.1) is 6.92 Å². The molecule has 0 bridgehead atoms. The molecule has 0 spiro atoms. The zero-order valence-electron chi connectivity index (χ0n) is 10.6. The van der Waals surface area contributed by atoms with Crippen molar-refractivity contribution in [2.45, 2.75) is 19.4 Å². The van der Waals surface area contributed by atoms with Gasteiger partial charge in [-0.25, -0.2) is 4.98 Å². The van der Waals surface area contributed by atoms with Crippen LogP contribution in [0.15, 0.2) is 23.6 Å². The first kappa shape index (κ1) is 11.7. The van der Waals surface area contributed by atoms with Crippen molar-refractivity contribution in [3.8, 4) is 5.75 Å². The van der Waals surface area contributed by atoms with Crippen LogP contribution in [0.3, 0.4) is 0 Å². The minimum atomic E-state index is 0.167. The minimum absolute atomic E-state index is 0.167. The molecule has 0 fully saturated rings. The third-order valence-corrected chi connectivity index (χ3v) is 4.06. The molecule has 1 aromatic carbocycles. The monoisotopic (exact) mass is 260 g/mol. The Hall–Kier alpha value is -1.39. The van der Waals surface area contributed by atoms with E-state index in [-0.39, 0.29) is 6.04 Å². The summed E-state index contributed by atoms with van der Waals surface area (Å²) in [7, 11) is 1.98. The lowest BCUT2D eigenvalue weighted by Crippen LogP contribution is -2.18. The number of hydrogen-bond donors (Lipinski definition) is 1. The maximum absolute atomic E-state index is 5.54. The first-order valence-corrected chi connectivity index (χ1v) is 7.01. The van der Waals surface area contributed by atoms with Crippen LogP contribution in [0.1, 0.15) is 27.9 Å². The highest BCUT2D eigenvalue weighted by molar-refractivity contribution is 7.09. The van der Waals surface area contributed by atoms with Crippen molar-refractivity contribution >= 4 is 11.3 Å². The van der Waals surface area contributed by atoms with Gasteiger partial charge in [0.05, 0.1) is 23.4 Å². The number of hydrogen-bond acceptors (Lipinski definition) is 4. The fourth-order valence-corrected chi connectivity index (χ4v) is 3.02. The molecule has 3 rings (SSSR count). The lowest BCUT2D eigenvalue weighted by Gasteiger charge is -2.15. The summed E-state index contributed by atoms with van der Waals surface area (Å²) in [5.74, 6) is 1.03. The zero-order chi connectivity index (χ0) is 12.5. The maximum Gasteiger partial charge on any atom is 0.122 e. The van der Waals surface area contributed by atoms with Crippen molar-refractivity contribution in [2.24, 2.45) is 0 Å². The van der Waals surface area contributed by atoms with E-state index < -0.39 is 0 Å². The quantitative estimate of drug-likeness (QED) is 0.921. The number of benzene rings is 1. The molecular formula is C14H16N2OS. The second-order valence-electron chi connectivity index (χ2n) is 4.48. The van der Waals surface area contributed by atoms with Crippen LogP contribution >= 0.6 is 11.3 Å². The van der Waals surface area contributed by atoms with Gasteiger partial charge in [0.15, 0.2) is 0 Å². The lowest BCUT2D eigenvalue weighted by molar-refractivity contribution is 0.357. The first-order chi connectivity index (χ1) is 8.78. The summed E-state index contributed by atoms with van der Waals surface area (Å²) in [5, 5.41) is 6.57. The van der Waals surface area contributed by atoms with Gasteiger partial charge in [-0.3, -0.25) is 0 Å². The average Bonchev–Trinajstić information content (AvgIpc) is 2.99. The number of rotatable bonds is 3. The average molecular weight is 260 g/mol. The molecule has 0 amide bonds. The Labute approximate surface area is 111 Å². The second kappa shape index (κ2) is 4.71. The van der Waals surface area contributed by atoms with Crippen molar-refractivity contribution in [3.63, 3.8) is 0 Å². The molecule has 2 aromatic rings. The summed E-state index contributed by atoms with van der Waals surface area (Å²) in [6.45, 7) is 2.84. The molecule has 0 saturated heterocycles. The van der Waals surface area contributed by atoms with Gasteiger partial charge in [-0.1, -0.05) is 12.1 Å². The van der Waals surface area contributed by atoms with Gasteiger partial charge in [-0.15, -0.1) is 11.3 Å². The van der Waals surface area contributed by atoms with Gasteiger partial charge in [0.1, 0.15) is 5.75 Å². The smallest absolute Gasteiger partial charge is 0.122 e. The largest absolute Gasteiger partial charge is 0.493 e.